The molecule has 0 fully saturated rings. The highest BCUT2D eigenvalue weighted by Gasteiger charge is 2.29. The number of hydrogen-bond donors (Lipinski definition) is 0. The van der Waals surface area contributed by atoms with Gasteiger partial charge in [0.2, 0.25) is 0 Å². The minimum Gasteiger partial charge on any atom is -0.465 e. The normalized spacial score (nSPS) is 10.2. The van der Waals surface area contributed by atoms with Crippen LogP contribution in [0.5, 0.6) is 0 Å². The largest absolute Gasteiger partial charge is 0.465 e. The van der Waals surface area contributed by atoms with Gasteiger partial charge in [0.15, 0.2) is 0 Å². The molecule has 0 aromatic carbocycles. The Kier molecular flexibility index (Phi) is 5.35. The minimum atomic E-state index is -0.507. The average Bonchev–Trinajstić information content (AvgIpc) is 2.74. The fraction of sp³-hybridized carbons (Fsp3) is 0.538. The van der Waals surface area contributed by atoms with Crippen LogP contribution in [0, 0.1) is 6.92 Å². The number of carbonyl (C=O) groups is 2. The summed E-state index contributed by atoms with van der Waals surface area (Å²) in [6.07, 6.45) is 0. The Morgan fingerprint density at radius 2 is 1.84 bits per heavy atom. The summed E-state index contributed by atoms with van der Waals surface area (Å²) in [7, 11) is 3.17. The first-order chi connectivity index (χ1) is 8.97. The lowest BCUT2D eigenvalue weighted by Gasteiger charge is -2.16. The van der Waals surface area contributed by atoms with Crippen molar-refractivity contribution >= 4 is 28.3 Å². The molecular formula is C13H19NO4S. The molecule has 0 aliphatic carbocycles. The van der Waals surface area contributed by atoms with Gasteiger partial charge in [0, 0.05) is 18.5 Å². The van der Waals surface area contributed by atoms with E-state index in [1.165, 1.54) is 18.4 Å². The number of carbonyl (C=O) groups excluding carboxylic acids is 2. The van der Waals surface area contributed by atoms with E-state index in [0.29, 0.717) is 11.1 Å². The molecule has 5 nitrogen and oxygen atoms in total. The zero-order valence-corrected chi connectivity index (χ0v) is 12.7. The quantitative estimate of drug-likeness (QED) is 0.778. The molecule has 0 saturated carbocycles. The molecule has 0 aliphatic rings. The number of ether oxygens (including phenoxy) is 2. The first-order valence-electron chi connectivity index (χ1n) is 6.07. The van der Waals surface area contributed by atoms with Crippen molar-refractivity contribution in [3.05, 3.63) is 16.0 Å². The number of esters is 2. The molecule has 1 aromatic rings. The van der Waals surface area contributed by atoms with E-state index in [1.807, 2.05) is 18.9 Å². The lowest BCUT2D eigenvalue weighted by molar-refractivity contribution is 0.0505. The van der Waals surface area contributed by atoms with Crippen LogP contribution >= 0.6 is 11.3 Å². The lowest BCUT2D eigenvalue weighted by atomic mass is 10.1. The second-order valence-corrected chi connectivity index (χ2v) is 5.14. The van der Waals surface area contributed by atoms with Crippen molar-refractivity contribution in [2.75, 3.05) is 32.2 Å². The van der Waals surface area contributed by atoms with Gasteiger partial charge >= 0.3 is 11.9 Å². The fourth-order valence-electron chi connectivity index (χ4n) is 1.68. The number of aryl methyl sites for hydroxylation is 1. The van der Waals surface area contributed by atoms with Crippen LogP contribution in [0.2, 0.25) is 0 Å². The predicted molar refractivity (Wildman–Crippen MR) is 75.3 cm³/mol. The van der Waals surface area contributed by atoms with E-state index in [2.05, 4.69) is 0 Å². The molecule has 0 amide bonds. The van der Waals surface area contributed by atoms with E-state index in [0.717, 1.165) is 16.4 Å². The zero-order chi connectivity index (χ0) is 14.6. The van der Waals surface area contributed by atoms with Crippen LogP contribution in [0.15, 0.2) is 0 Å². The second kappa shape index (κ2) is 6.56. The summed E-state index contributed by atoms with van der Waals surface area (Å²) in [5.41, 5.74) is 0.613. The van der Waals surface area contributed by atoms with E-state index < -0.39 is 11.9 Å². The van der Waals surface area contributed by atoms with Gasteiger partial charge in [0.25, 0.3) is 0 Å². The molecule has 6 heteroatoms. The van der Waals surface area contributed by atoms with Crippen LogP contribution in [0.25, 0.3) is 0 Å². The molecule has 19 heavy (non-hydrogen) atoms. The van der Waals surface area contributed by atoms with E-state index in [4.69, 9.17) is 9.47 Å². The third-order valence-corrected chi connectivity index (χ3v) is 3.98. The molecule has 1 heterocycles. The first kappa shape index (κ1) is 15.5. The third-order valence-electron chi connectivity index (χ3n) is 2.76. The highest BCUT2D eigenvalue weighted by Crippen LogP contribution is 2.36. The molecule has 0 atom stereocenters. The summed E-state index contributed by atoms with van der Waals surface area (Å²) in [4.78, 5) is 26.6. The van der Waals surface area contributed by atoms with Crippen molar-refractivity contribution in [1.82, 2.24) is 0 Å². The number of thiophene rings is 1. The molecule has 1 rings (SSSR count). The Morgan fingerprint density at radius 3 is 2.32 bits per heavy atom. The van der Waals surface area contributed by atoms with Gasteiger partial charge in [-0.3, -0.25) is 0 Å². The highest BCUT2D eigenvalue weighted by molar-refractivity contribution is 7.17. The van der Waals surface area contributed by atoms with E-state index in [9.17, 15) is 9.59 Å². The number of nitrogens with zero attached hydrogens (tertiary/aromatic N) is 1. The maximum Gasteiger partial charge on any atom is 0.342 e. The number of anilines is 1. The Morgan fingerprint density at radius 1 is 1.21 bits per heavy atom. The van der Waals surface area contributed by atoms with E-state index in [1.54, 1.807) is 13.8 Å². The molecule has 0 bridgehead atoms. The smallest absolute Gasteiger partial charge is 0.342 e. The van der Waals surface area contributed by atoms with Crippen molar-refractivity contribution < 1.29 is 19.1 Å². The van der Waals surface area contributed by atoms with Crippen molar-refractivity contribution in [3.8, 4) is 0 Å². The molecule has 0 saturated heterocycles. The topological polar surface area (TPSA) is 55.8 Å². The monoisotopic (exact) mass is 285 g/mol. The van der Waals surface area contributed by atoms with Crippen molar-refractivity contribution in [2.24, 2.45) is 0 Å². The standard InChI is InChI=1S/C13H19NO4S/c1-6-14(4)11-10(13(16)18-7-2)9(8(3)19-11)12(15)17-5/h6-7H2,1-5H3. The summed E-state index contributed by atoms with van der Waals surface area (Å²) in [5.74, 6) is -0.991. The highest BCUT2D eigenvalue weighted by atomic mass is 32.1. The SMILES string of the molecule is CCOC(=O)c1c(N(C)CC)sc(C)c1C(=O)OC. The van der Waals surface area contributed by atoms with Crippen molar-refractivity contribution in [1.29, 1.82) is 0 Å². The van der Waals surface area contributed by atoms with Crippen LogP contribution in [0.1, 0.15) is 39.4 Å². The molecule has 1 aromatic heterocycles. The number of hydrogen-bond acceptors (Lipinski definition) is 6. The van der Waals surface area contributed by atoms with Crippen LogP contribution in [0.3, 0.4) is 0 Å². The predicted octanol–water partition coefficient (Wildman–Crippen LogP) is 2.48. The van der Waals surface area contributed by atoms with E-state index >= 15 is 0 Å². The second-order valence-electron chi connectivity index (χ2n) is 3.94. The van der Waals surface area contributed by atoms with Gasteiger partial charge in [-0.25, -0.2) is 9.59 Å². The summed E-state index contributed by atoms with van der Waals surface area (Å²) in [5, 5.41) is 0.735. The van der Waals surface area contributed by atoms with Gasteiger partial charge in [-0.2, -0.15) is 0 Å². The van der Waals surface area contributed by atoms with Gasteiger partial charge in [-0.05, 0) is 20.8 Å². The van der Waals surface area contributed by atoms with Crippen LogP contribution < -0.4 is 4.90 Å². The Balaban J connectivity index is 3.41. The average molecular weight is 285 g/mol. The van der Waals surface area contributed by atoms with Gasteiger partial charge in [-0.15, -0.1) is 11.3 Å². The molecule has 106 valence electrons. The van der Waals surface area contributed by atoms with Gasteiger partial charge in [0.1, 0.15) is 10.6 Å². The van der Waals surface area contributed by atoms with Crippen molar-refractivity contribution in [3.63, 3.8) is 0 Å². The van der Waals surface area contributed by atoms with Crippen LogP contribution in [-0.4, -0.2) is 39.2 Å². The van der Waals surface area contributed by atoms with Crippen molar-refractivity contribution in [2.45, 2.75) is 20.8 Å². The van der Waals surface area contributed by atoms with Gasteiger partial charge < -0.3 is 14.4 Å². The van der Waals surface area contributed by atoms with Gasteiger partial charge in [0.05, 0.1) is 19.3 Å². The maximum absolute atomic E-state index is 12.1. The molecule has 0 radical (unpaired) electrons. The summed E-state index contributed by atoms with van der Waals surface area (Å²) >= 11 is 1.40. The summed E-state index contributed by atoms with van der Waals surface area (Å²) in [6, 6.07) is 0. The maximum atomic E-state index is 12.1. The number of rotatable bonds is 5. The number of methoxy groups -OCH3 is 1. The van der Waals surface area contributed by atoms with Crippen LogP contribution in [-0.2, 0) is 9.47 Å². The van der Waals surface area contributed by atoms with Gasteiger partial charge in [-0.1, -0.05) is 0 Å². The first-order valence-corrected chi connectivity index (χ1v) is 6.89. The molecule has 0 N–H and O–H groups in total. The summed E-state index contributed by atoms with van der Waals surface area (Å²) in [6.45, 7) is 6.50. The Labute approximate surface area is 117 Å². The molecule has 0 unspecified atom stereocenters. The Bertz CT molecular complexity index is 481. The zero-order valence-electron chi connectivity index (χ0n) is 11.9. The summed E-state index contributed by atoms with van der Waals surface area (Å²) < 4.78 is 9.80. The molecule has 0 aliphatic heterocycles. The fourth-order valence-corrected chi connectivity index (χ4v) is 2.83. The van der Waals surface area contributed by atoms with E-state index in [-0.39, 0.29) is 6.61 Å². The Hall–Kier alpha value is -1.56. The third kappa shape index (κ3) is 3.07. The van der Waals surface area contributed by atoms with Crippen LogP contribution in [0.4, 0.5) is 5.00 Å². The minimum absolute atomic E-state index is 0.267. The molecular weight excluding hydrogens is 266 g/mol. The molecule has 0 spiro atoms. The lowest BCUT2D eigenvalue weighted by Crippen LogP contribution is -2.20.